The van der Waals surface area contributed by atoms with Crippen molar-refractivity contribution in [2.24, 2.45) is 4.99 Å². The molecule has 0 spiro atoms. The molecule has 3 rings (SSSR count). The second-order valence-electron chi connectivity index (χ2n) is 5.58. The molecule has 0 amide bonds. The number of halogens is 2. The number of hydrogen-bond donors (Lipinski definition) is 3. The van der Waals surface area contributed by atoms with Gasteiger partial charge in [-0.2, -0.15) is 0 Å². The van der Waals surface area contributed by atoms with Crippen LogP contribution in [0.3, 0.4) is 0 Å². The van der Waals surface area contributed by atoms with E-state index >= 15 is 0 Å². The van der Waals surface area contributed by atoms with E-state index in [0.717, 1.165) is 11.3 Å². The fourth-order valence-electron chi connectivity index (χ4n) is 2.34. The molecule has 3 N–H and O–H groups in total. The first-order chi connectivity index (χ1) is 12.7. The van der Waals surface area contributed by atoms with E-state index in [4.69, 9.17) is 4.42 Å². The van der Waals surface area contributed by atoms with E-state index in [1.807, 2.05) is 30.3 Å². The van der Waals surface area contributed by atoms with Crippen LogP contribution in [0, 0.1) is 5.82 Å². The van der Waals surface area contributed by atoms with Crippen molar-refractivity contribution in [1.29, 1.82) is 0 Å². The van der Waals surface area contributed by atoms with Crippen molar-refractivity contribution in [3.8, 4) is 17.2 Å². The van der Waals surface area contributed by atoms with Crippen molar-refractivity contribution in [1.82, 2.24) is 15.6 Å². The molecule has 2 aromatic carbocycles. The number of nitrogens with zero attached hydrogens (tertiary/aromatic N) is 2. The molecule has 0 saturated carbocycles. The molecule has 142 valence electrons. The fourth-order valence-corrected chi connectivity index (χ4v) is 2.34. The first kappa shape index (κ1) is 20.7. The molecule has 0 fully saturated rings. The number of benzene rings is 2. The number of phenolic OH excluding ortho intramolecular Hbond substituents is 1. The van der Waals surface area contributed by atoms with Gasteiger partial charge in [0, 0.05) is 19.2 Å². The van der Waals surface area contributed by atoms with Crippen LogP contribution < -0.4 is 10.6 Å². The van der Waals surface area contributed by atoms with Crippen molar-refractivity contribution in [3.05, 3.63) is 71.9 Å². The van der Waals surface area contributed by atoms with E-state index in [1.54, 1.807) is 19.4 Å². The highest BCUT2D eigenvalue weighted by Gasteiger charge is 2.07. The van der Waals surface area contributed by atoms with Crippen LogP contribution in [0.15, 0.2) is 64.2 Å². The number of phenols is 1. The monoisotopic (exact) mass is 482 g/mol. The zero-order valence-electron chi connectivity index (χ0n) is 14.6. The Morgan fingerprint density at radius 3 is 2.59 bits per heavy atom. The number of hydrogen-bond acceptors (Lipinski definition) is 4. The number of rotatable bonds is 5. The van der Waals surface area contributed by atoms with E-state index in [-0.39, 0.29) is 29.7 Å². The van der Waals surface area contributed by atoms with Gasteiger partial charge in [0.1, 0.15) is 6.26 Å². The predicted octanol–water partition coefficient (Wildman–Crippen LogP) is 3.67. The van der Waals surface area contributed by atoms with E-state index in [1.165, 1.54) is 12.1 Å². The molecule has 0 atom stereocenters. The van der Waals surface area contributed by atoms with Gasteiger partial charge in [-0.15, -0.1) is 24.0 Å². The van der Waals surface area contributed by atoms with E-state index < -0.39 is 5.82 Å². The summed E-state index contributed by atoms with van der Waals surface area (Å²) in [6.45, 7) is 0.797. The lowest BCUT2D eigenvalue weighted by Crippen LogP contribution is -2.36. The van der Waals surface area contributed by atoms with Gasteiger partial charge in [-0.05, 0) is 29.8 Å². The van der Waals surface area contributed by atoms with Gasteiger partial charge in [0.2, 0.25) is 5.89 Å². The Bertz CT molecular complexity index is 900. The van der Waals surface area contributed by atoms with Crippen LogP contribution in [0.5, 0.6) is 5.75 Å². The van der Waals surface area contributed by atoms with E-state index in [9.17, 15) is 9.50 Å². The Labute approximate surface area is 173 Å². The van der Waals surface area contributed by atoms with Crippen molar-refractivity contribution in [3.63, 3.8) is 0 Å². The van der Waals surface area contributed by atoms with Gasteiger partial charge in [0.05, 0.1) is 12.2 Å². The average Bonchev–Trinajstić information content (AvgIpc) is 3.14. The predicted molar refractivity (Wildman–Crippen MR) is 112 cm³/mol. The summed E-state index contributed by atoms with van der Waals surface area (Å²) in [6, 6.07) is 13.9. The number of aromatic hydroxyl groups is 1. The second-order valence-corrected chi connectivity index (χ2v) is 5.58. The van der Waals surface area contributed by atoms with Crippen LogP contribution in [0.2, 0.25) is 0 Å². The summed E-state index contributed by atoms with van der Waals surface area (Å²) in [7, 11) is 1.64. The molecule has 1 heterocycles. The third-order valence-corrected chi connectivity index (χ3v) is 3.71. The molecule has 0 unspecified atom stereocenters. The van der Waals surface area contributed by atoms with Crippen molar-refractivity contribution in [2.45, 2.75) is 13.1 Å². The lowest BCUT2D eigenvalue weighted by atomic mass is 10.2. The fraction of sp³-hybridized carbons (Fsp3) is 0.158. The summed E-state index contributed by atoms with van der Waals surface area (Å²) in [5.41, 5.74) is 2.34. The van der Waals surface area contributed by atoms with Crippen LogP contribution in [-0.4, -0.2) is 23.1 Å². The molecule has 0 aliphatic carbocycles. The molecule has 27 heavy (non-hydrogen) atoms. The SMILES string of the molecule is CN=C(NCc1ccc(O)c(F)c1)NCc1coc(-c2ccccc2)n1.I. The Morgan fingerprint density at radius 2 is 1.89 bits per heavy atom. The molecule has 0 aliphatic heterocycles. The minimum atomic E-state index is -0.650. The summed E-state index contributed by atoms with van der Waals surface area (Å²) in [5, 5.41) is 15.4. The molecule has 0 bridgehead atoms. The molecule has 0 saturated heterocycles. The van der Waals surface area contributed by atoms with Crippen LogP contribution in [0.25, 0.3) is 11.5 Å². The second kappa shape index (κ2) is 9.91. The minimum Gasteiger partial charge on any atom is -0.505 e. The van der Waals surface area contributed by atoms with Gasteiger partial charge in [-0.3, -0.25) is 4.99 Å². The molecule has 0 radical (unpaired) electrons. The van der Waals surface area contributed by atoms with Gasteiger partial charge in [0.15, 0.2) is 17.5 Å². The first-order valence-electron chi connectivity index (χ1n) is 8.07. The standard InChI is InChI=1S/C19H19FN4O2.HI/c1-21-19(22-10-13-7-8-17(25)16(20)9-13)23-11-15-12-26-18(24-15)14-5-3-2-4-6-14;/h2-9,12,25H,10-11H2,1H3,(H2,21,22,23);1H. The lowest BCUT2D eigenvalue weighted by Gasteiger charge is -2.11. The number of aliphatic imine (C=N–C) groups is 1. The maximum Gasteiger partial charge on any atom is 0.226 e. The average molecular weight is 482 g/mol. The zero-order valence-corrected chi connectivity index (χ0v) is 17.0. The normalized spacial score (nSPS) is 11.0. The van der Waals surface area contributed by atoms with Crippen LogP contribution in [-0.2, 0) is 13.1 Å². The van der Waals surface area contributed by atoms with Crippen LogP contribution >= 0.6 is 24.0 Å². The largest absolute Gasteiger partial charge is 0.505 e. The summed E-state index contributed by atoms with van der Waals surface area (Å²) in [5.74, 6) is 0.0902. The Hall–Kier alpha value is -2.62. The van der Waals surface area contributed by atoms with Gasteiger partial charge in [-0.1, -0.05) is 24.3 Å². The van der Waals surface area contributed by atoms with Gasteiger partial charge in [0.25, 0.3) is 0 Å². The highest BCUT2D eigenvalue weighted by atomic mass is 127. The molecular weight excluding hydrogens is 462 g/mol. The quantitative estimate of drug-likeness (QED) is 0.294. The first-order valence-corrected chi connectivity index (χ1v) is 8.07. The summed E-state index contributed by atoms with van der Waals surface area (Å²) < 4.78 is 18.8. The van der Waals surface area contributed by atoms with Crippen LogP contribution in [0.4, 0.5) is 4.39 Å². The number of oxazole rings is 1. The number of nitrogens with one attached hydrogen (secondary N) is 2. The van der Waals surface area contributed by atoms with Gasteiger partial charge < -0.3 is 20.2 Å². The maximum atomic E-state index is 13.4. The summed E-state index contributed by atoms with van der Waals surface area (Å²) in [4.78, 5) is 8.55. The zero-order chi connectivity index (χ0) is 18.4. The van der Waals surface area contributed by atoms with E-state index in [2.05, 4.69) is 20.6 Å². The van der Waals surface area contributed by atoms with E-state index in [0.29, 0.717) is 30.5 Å². The maximum absolute atomic E-state index is 13.4. The van der Waals surface area contributed by atoms with Crippen molar-refractivity contribution >= 4 is 29.9 Å². The molecular formula is C19H20FIN4O2. The van der Waals surface area contributed by atoms with Crippen LogP contribution in [0.1, 0.15) is 11.3 Å². The molecule has 1 aromatic heterocycles. The molecule has 8 heteroatoms. The minimum absolute atomic E-state index is 0. The smallest absolute Gasteiger partial charge is 0.226 e. The molecule has 6 nitrogen and oxygen atoms in total. The Kier molecular flexibility index (Phi) is 7.59. The summed E-state index contributed by atoms with van der Waals surface area (Å²) >= 11 is 0. The molecule has 3 aromatic rings. The highest BCUT2D eigenvalue weighted by molar-refractivity contribution is 14.0. The van der Waals surface area contributed by atoms with Crippen molar-refractivity contribution < 1.29 is 13.9 Å². The third kappa shape index (κ3) is 5.68. The number of guanidine groups is 1. The topological polar surface area (TPSA) is 82.7 Å². The Balaban J connectivity index is 0.00000261. The Morgan fingerprint density at radius 1 is 1.15 bits per heavy atom. The number of aromatic nitrogens is 1. The summed E-state index contributed by atoms with van der Waals surface area (Å²) in [6.07, 6.45) is 1.60. The third-order valence-electron chi connectivity index (χ3n) is 3.71. The molecule has 0 aliphatic rings. The van der Waals surface area contributed by atoms with Crippen molar-refractivity contribution in [2.75, 3.05) is 7.05 Å². The van der Waals surface area contributed by atoms with Gasteiger partial charge >= 0.3 is 0 Å². The highest BCUT2D eigenvalue weighted by Crippen LogP contribution is 2.18. The van der Waals surface area contributed by atoms with Gasteiger partial charge in [-0.25, -0.2) is 9.37 Å². The lowest BCUT2D eigenvalue weighted by molar-refractivity contribution is 0.431.